The van der Waals surface area contributed by atoms with Gasteiger partial charge in [0.15, 0.2) is 4.67 Å². The van der Waals surface area contributed by atoms with Crippen LogP contribution in [0.2, 0.25) is 0 Å². The Kier molecular flexibility index (Phi) is 3.32. The monoisotopic (exact) mass is 354 g/mol. The number of rotatable bonds is 4. The van der Waals surface area contributed by atoms with Gasteiger partial charge in [-0.3, -0.25) is 4.72 Å². The van der Waals surface area contributed by atoms with Gasteiger partial charge in [-0.2, -0.15) is 0 Å². The van der Waals surface area contributed by atoms with Crippen LogP contribution in [-0.4, -0.2) is 34.3 Å². The highest BCUT2D eigenvalue weighted by Crippen LogP contribution is 2.27. The smallest absolute Gasteiger partial charge is 0.371 e. The molecule has 0 saturated carbocycles. The Balaban J connectivity index is 2.38. The predicted octanol–water partition coefficient (Wildman–Crippen LogP) is 0.788. The molecule has 0 atom stereocenters. The van der Waals surface area contributed by atoms with E-state index in [1.54, 1.807) is 0 Å². The lowest BCUT2D eigenvalue weighted by molar-refractivity contribution is 0.0661. The molecule has 0 spiro atoms. The number of hydrogen-bond donors (Lipinski definition) is 2. The van der Waals surface area contributed by atoms with E-state index in [0.717, 1.165) is 17.6 Å². The fourth-order valence-corrected chi connectivity index (χ4v) is 3.51. The molecule has 2 heterocycles. The molecular formula is C6H3BrN4O5S2. The van der Waals surface area contributed by atoms with Crippen molar-refractivity contribution < 1.29 is 22.7 Å². The van der Waals surface area contributed by atoms with Gasteiger partial charge in [-0.15, -0.1) is 0 Å². The van der Waals surface area contributed by atoms with E-state index in [-0.39, 0.29) is 14.7 Å². The summed E-state index contributed by atoms with van der Waals surface area (Å²) >= 11 is 3.57. The molecule has 0 aliphatic heterocycles. The largest absolute Gasteiger partial charge is 0.475 e. The lowest BCUT2D eigenvalue weighted by atomic mass is 10.5. The van der Waals surface area contributed by atoms with Crippen LogP contribution >= 0.6 is 27.5 Å². The van der Waals surface area contributed by atoms with Gasteiger partial charge in [-0.25, -0.2) is 13.2 Å². The third-order valence-corrected chi connectivity index (χ3v) is 4.51. The molecule has 0 bridgehead atoms. The molecule has 0 fully saturated rings. The van der Waals surface area contributed by atoms with Gasteiger partial charge in [0.05, 0.1) is 0 Å². The van der Waals surface area contributed by atoms with Crippen LogP contribution < -0.4 is 4.72 Å². The van der Waals surface area contributed by atoms with Crippen LogP contribution in [0, 0.1) is 0 Å². The molecule has 2 rings (SSSR count). The minimum atomic E-state index is -4.01. The fourth-order valence-electron chi connectivity index (χ4n) is 0.984. The van der Waals surface area contributed by atoms with E-state index < -0.39 is 21.8 Å². The van der Waals surface area contributed by atoms with E-state index >= 15 is 0 Å². The number of nitrogens with one attached hydrogen (secondary N) is 1. The van der Waals surface area contributed by atoms with E-state index in [1.165, 1.54) is 0 Å². The topological polar surface area (TPSA) is 135 Å². The second-order valence-corrected chi connectivity index (χ2v) is 5.93. The van der Waals surface area contributed by atoms with Crippen LogP contribution in [0.1, 0.15) is 10.6 Å². The van der Waals surface area contributed by atoms with Crippen LogP contribution in [-0.2, 0) is 10.0 Å². The quantitative estimate of drug-likeness (QED) is 0.822. The Morgan fingerprint density at radius 1 is 1.56 bits per heavy atom. The summed E-state index contributed by atoms with van der Waals surface area (Å²) in [5.74, 6) is -1.88. The Bertz CT molecular complexity index is 679. The minimum absolute atomic E-state index is 0.0417. The molecule has 12 heteroatoms. The number of carbonyl (C=O) groups is 1. The van der Waals surface area contributed by atoms with Crippen LogP contribution in [0.25, 0.3) is 0 Å². The number of aromatic nitrogens is 3. The van der Waals surface area contributed by atoms with Crippen molar-refractivity contribution in [1.82, 2.24) is 14.8 Å². The first-order valence-electron chi connectivity index (χ1n) is 4.10. The lowest BCUT2D eigenvalue weighted by Crippen LogP contribution is -2.12. The van der Waals surface area contributed by atoms with E-state index in [2.05, 4.69) is 35.5 Å². The SMILES string of the molecule is O=C(O)c1cc(S(=O)(=O)Nc2nnns2)c(Br)o1. The summed E-state index contributed by atoms with van der Waals surface area (Å²) in [7, 11) is -4.01. The second-order valence-electron chi connectivity index (χ2n) is 2.83. The normalized spacial score (nSPS) is 11.4. The molecule has 96 valence electrons. The first kappa shape index (κ1) is 12.9. The third kappa shape index (κ3) is 2.49. The van der Waals surface area contributed by atoms with E-state index in [1.807, 2.05) is 0 Å². The lowest BCUT2D eigenvalue weighted by Gasteiger charge is -2.00. The van der Waals surface area contributed by atoms with E-state index in [4.69, 9.17) is 9.52 Å². The number of sulfonamides is 1. The molecule has 0 aromatic carbocycles. The molecule has 2 N–H and O–H groups in total. The molecule has 0 radical (unpaired) electrons. The molecule has 9 nitrogen and oxygen atoms in total. The summed E-state index contributed by atoms with van der Waals surface area (Å²) in [6.07, 6.45) is 0. The molecule has 0 saturated heterocycles. The maximum Gasteiger partial charge on any atom is 0.371 e. The molecule has 0 aliphatic carbocycles. The van der Waals surface area contributed by atoms with Crippen molar-refractivity contribution in [3.8, 4) is 0 Å². The summed E-state index contributed by atoms with van der Waals surface area (Å²) in [5.41, 5.74) is 0. The maximum atomic E-state index is 11.9. The zero-order valence-electron chi connectivity index (χ0n) is 8.19. The number of aromatic carboxylic acids is 1. The van der Waals surface area contributed by atoms with Gasteiger partial charge >= 0.3 is 5.97 Å². The van der Waals surface area contributed by atoms with Crippen molar-refractivity contribution in [2.45, 2.75) is 4.90 Å². The van der Waals surface area contributed by atoms with Gasteiger partial charge in [0.2, 0.25) is 10.9 Å². The Morgan fingerprint density at radius 3 is 2.78 bits per heavy atom. The van der Waals surface area contributed by atoms with Crippen molar-refractivity contribution in [3.63, 3.8) is 0 Å². The molecule has 0 aliphatic rings. The first-order valence-corrected chi connectivity index (χ1v) is 7.15. The molecule has 18 heavy (non-hydrogen) atoms. The number of hydrogen-bond acceptors (Lipinski definition) is 8. The molecule has 2 aromatic heterocycles. The van der Waals surface area contributed by atoms with Crippen molar-refractivity contribution in [2.75, 3.05) is 4.72 Å². The number of carboxylic acids is 1. The predicted molar refractivity (Wildman–Crippen MR) is 61.9 cm³/mol. The summed E-state index contributed by atoms with van der Waals surface area (Å²) in [4.78, 5) is 10.3. The highest BCUT2D eigenvalue weighted by molar-refractivity contribution is 9.10. The van der Waals surface area contributed by atoms with Crippen LogP contribution in [0.4, 0.5) is 5.13 Å². The van der Waals surface area contributed by atoms with Crippen molar-refractivity contribution in [1.29, 1.82) is 0 Å². The summed E-state index contributed by atoms with van der Waals surface area (Å²) in [6.45, 7) is 0. The molecular weight excluding hydrogens is 352 g/mol. The van der Waals surface area contributed by atoms with Gasteiger partial charge in [0, 0.05) is 17.6 Å². The summed E-state index contributed by atoms with van der Waals surface area (Å²) in [5, 5.41) is 15.3. The van der Waals surface area contributed by atoms with Crippen LogP contribution in [0.15, 0.2) is 20.0 Å². The highest BCUT2D eigenvalue weighted by Gasteiger charge is 2.25. The third-order valence-electron chi connectivity index (χ3n) is 1.68. The van der Waals surface area contributed by atoms with Crippen molar-refractivity contribution in [3.05, 3.63) is 16.5 Å². The maximum absolute atomic E-state index is 11.9. The van der Waals surface area contributed by atoms with Gasteiger partial charge in [-0.1, -0.05) is 9.59 Å². The Hall–Kier alpha value is -1.53. The number of halogens is 1. The first-order chi connectivity index (χ1) is 8.40. The van der Waals surface area contributed by atoms with Gasteiger partial charge in [0.25, 0.3) is 10.0 Å². The average Bonchev–Trinajstić information content (AvgIpc) is 2.86. The van der Waals surface area contributed by atoms with Crippen LogP contribution in [0.3, 0.4) is 0 Å². The average molecular weight is 355 g/mol. The number of furan rings is 1. The molecule has 0 unspecified atom stereocenters. The zero-order chi connectivity index (χ0) is 13.3. The van der Waals surface area contributed by atoms with Crippen molar-refractivity contribution in [2.24, 2.45) is 0 Å². The van der Waals surface area contributed by atoms with Gasteiger partial charge in [-0.05, 0) is 21.1 Å². The molecule has 0 amide bonds. The number of nitrogens with zero attached hydrogens (tertiary/aromatic N) is 3. The van der Waals surface area contributed by atoms with E-state index in [9.17, 15) is 13.2 Å². The van der Waals surface area contributed by atoms with Gasteiger partial charge < -0.3 is 9.52 Å². The summed E-state index contributed by atoms with van der Waals surface area (Å²) < 4.78 is 33.7. The van der Waals surface area contributed by atoms with Crippen LogP contribution in [0.5, 0.6) is 0 Å². The Morgan fingerprint density at radius 2 is 2.28 bits per heavy atom. The summed E-state index contributed by atoms with van der Waals surface area (Å²) in [6, 6.07) is 0.878. The van der Waals surface area contributed by atoms with Gasteiger partial charge in [0.1, 0.15) is 4.90 Å². The second kappa shape index (κ2) is 4.62. The number of carboxylic acid groups (broad SMARTS) is 1. The molecule has 2 aromatic rings. The zero-order valence-corrected chi connectivity index (χ0v) is 11.4. The minimum Gasteiger partial charge on any atom is -0.475 e. The van der Waals surface area contributed by atoms with E-state index in [0.29, 0.717) is 0 Å². The number of anilines is 1. The standard InChI is InChI=1S/C6H3BrN4O5S2/c7-4-3(1-2(16-4)5(12)13)18(14,15)9-6-8-10-11-17-6/h1H,(H,12,13)(H,8,9,11). The Labute approximate surface area is 112 Å². The fraction of sp³-hybridized carbons (Fsp3) is 0. The van der Waals surface area contributed by atoms with Crippen molar-refractivity contribution >= 4 is 48.6 Å². The highest BCUT2D eigenvalue weighted by atomic mass is 79.9.